The van der Waals surface area contributed by atoms with Gasteiger partial charge in [0.05, 0.1) is 18.8 Å². The molecule has 0 fully saturated rings. The van der Waals surface area contributed by atoms with Crippen molar-refractivity contribution in [2.45, 2.75) is 289 Å². The van der Waals surface area contributed by atoms with Crippen molar-refractivity contribution in [3.05, 3.63) is 182 Å². The van der Waals surface area contributed by atoms with Crippen LogP contribution in [0, 0.1) is 0 Å². The first-order valence-electron chi connectivity index (χ1n) is 33.5. The molecule has 0 heterocycles. The van der Waals surface area contributed by atoms with Crippen molar-refractivity contribution in [2.75, 3.05) is 6.61 Å². The topological polar surface area (TPSA) is 69.6 Å². The van der Waals surface area contributed by atoms with Crippen LogP contribution in [-0.4, -0.2) is 34.9 Å². The number of hydrogen-bond acceptors (Lipinski definition) is 3. The maximum Gasteiger partial charge on any atom is 0.220 e. The average Bonchev–Trinajstić information content (AvgIpc) is 3.47. The van der Waals surface area contributed by atoms with Crippen molar-refractivity contribution in [1.29, 1.82) is 0 Å². The van der Waals surface area contributed by atoms with Gasteiger partial charge in [0.25, 0.3) is 0 Å². The first-order chi connectivity index (χ1) is 40.2. The number of aliphatic hydroxyl groups is 2. The number of hydrogen-bond donors (Lipinski definition) is 3. The molecule has 0 bridgehead atoms. The molecule has 0 aromatic heterocycles. The van der Waals surface area contributed by atoms with Gasteiger partial charge >= 0.3 is 0 Å². The average molecular weight is 1110 g/mol. The molecule has 81 heavy (non-hydrogen) atoms. The highest BCUT2D eigenvalue weighted by molar-refractivity contribution is 5.76. The maximum atomic E-state index is 12.5. The third-order valence-corrected chi connectivity index (χ3v) is 14.1. The fourth-order valence-corrected chi connectivity index (χ4v) is 9.07. The van der Waals surface area contributed by atoms with E-state index in [1.165, 1.54) is 122 Å². The number of aliphatic hydroxyl groups excluding tert-OH is 2. The summed E-state index contributed by atoms with van der Waals surface area (Å²) in [4.78, 5) is 12.5. The molecule has 0 aliphatic rings. The Balaban J connectivity index is 3.71. The Labute approximate surface area is 501 Å². The number of carbonyl (C=O) groups is 1. The summed E-state index contributed by atoms with van der Waals surface area (Å²) in [5.74, 6) is -0.108. The molecule has 0 spiro atoms. The van der Waals surface area contributed by atoms with Gasteiger partial charge in [0.2, 0.25) is 5.91 Å². The summed E-state index contributed by atoms with van der Waals surface area (Å²) >= 11 is 0. The minimum absolute atomic E-state index is 0.108. The number of nitrogens with one attached hydrogen (secondary N) is 1. The zero-order valence-corrected chi connectivity index (χ0v) is 52.5. The molecular formula is C77H125NO3. The van der Waals surface area contributed by atoms with E-state index in [1.807, 2.05) is 6.08 Å². The monoisotopic (exact) mass is 1110 g/mol. The molecule has 4 heteroatoms. The van der Waals surface area contributed by atoms with Gasteiger partial charge < -0.3 is 15.5 Å². The smallest absolute Gasteiger partial charge is 0.220 e. The molecule has 1 amide bonds. The third-order valence-electron chi connectivity index (χ3n) is 14.1. The van der Waals surface area contributed by atoms with E-state index in [0.717, 1.165) is 135 Å². The second-order valence-electron chi connectivity index (χ2n) is 21.8. The molecular weight excluding hydrogens is 987 g/mol. The molecule has 3 N–H and O–H groups in total. The number of amides is 1. The molecule has 2 unspecified atom stereocenters. The number of allylic oxidation sites excluding steroid dienone is 29. The lowest BCUT2D eigenvalue weighted by molar-refractivity contribution is -0.123. The summed E-state index contributed by atoms with van der Waals surface area (Å²) in [5.41, 5.74) is 0. The van der Waals surface area contributed by atoms with Crippen molar-refractivity contribution in [1.82, 2.24) is 5.32 Å². The highest BCUT2D eigenvalue weighted by Gasteiger charge is 2.18. The van der Waals surface area contributed by atoms with Crippen molar-refractivity contribution in [3.8, 4) is 0 Å². The molecule has 456 valence electrons. The number of unbranched alkanes of at least 4 members (excludes halogenated alkanes) is 24. The van der Waals surface area contributed by atoms with E-state index in [2.05, 4.69) is 189 Å². The summed E-state index contributed by atoms with van der Waals surface area (Å²) in [6, 6.07) is -0.675. The van der Waals surface area contributed by atoms with Crippen LogP contribution in [0.4, 0.5) is 0 Å². The van der Waals surface area contributed by atoms with E-state index < -0.39 is 12.1 Å². The Hall–Kier alpha value is -4.51. The predicted octanol–water partition coefficient (Wildman–Crippen LogP) is 23.2. The summed E-state index contributed by atoms with van der Waals surface area (Å²) in [6.07, 6.45) is 114. The van der Waals surface area contributed by atoms with Crippen molar-refractivity contribution in [2.24, 2.45) is 0 Å². The molecule has 0 aromatic rings. The van der Waals surface area contributed by atoms with E-state index in [1.54, 1.807) is 6.08 Å². The van der Waals surface area contributed by atoms with Gasteiger partial charge in [-0.1, -0.05) is 318 Å². The van der Waals surface area contributed by atoms with Crippen LogP contribution in [0.5, 0.6) is 0 Å². The molecule has 4 nitrogen and oxygen atoms in total. The standard InChI is InChI=1S/C77H125NO3/c1-3-5-7-9-11-13-15-17-19-21-23-25-27-29-31-33-34-35-36-37-38-39-40-41-42-43-44-45-47-49-51-53-55-57-59-61-63-65-67-69-71-73-77(81)78-75(74-79)76(80)72-70-68-66-64-62-60-58-56-54-52-50-48-46-32-30-28-26-24-22-20-18-16-14-12-10-8-6-4-2/h5,7,11,13,17,19,23,25,29,31,34-35,37-38,40-41,43-44,47,49,53-56,59,61-62,64,70,72,75-76,79-80H,3-4,6,8-10,12,14-16,18,20-22,24,26-28,30,32-33,36,39,42,45-46,48,50-52,57-58,60,63,65-69,71,73-74H2,1-2H3,(H,78,81)/b7-5-,13-11-,19-17-,25-23-,31-29-,35-34-,38-37-,41-40-,44-43-,49-47-,55-53-,56-54+,61-59-,64-62+,72-70+. The first kappa shape index (κ1) is 76.5. The molecule has 0 aromatic carbocycles. The van der Waals surface area contributed by atoms with Gasteiger partial charge in [0, 0.05) is 6.42 Å². The zero-order chi connectivity index (χ0) is 58.4. The van der Waals surface area contributed by atoms with Crippen LogP contribution in [0.3, 0.4) is 0 Å². The summed E-state index contributed by atoms with van der Waals surface area (Å²) in [5, 5.41) is 23.2. The van der Waals surface area contributed by atoms with Gasteiger partial charge in [-0.3, -0.25) is 4.79 Å². The van der Waals surface area contributed by atoms with Gasteiger partial charge in [0.1, 0.15) is 0 Å². The highest BCUT2D eigenvalue weighted by Crippen LogP contribution is 2.15. The summed E-state index contributed by atoms with van der Waals surface area (Å²) in [7, 11) is 0. The second kappa shape index (κ2) is 69.8. The first-order valence-corrected chi connectivity index (χ1v) is 33.5. The quantitative estimate of drug-likeness (QED) is 0.0420. The van der Waals surface area contributed by atoms with Crippen LogP contribution in [0.2, 0.25) is 0 Å². The maximum absolute atomic E-state index is 12.5. The Morgan fingerprint density at radius 1 is 0.309 bits per heavy atom. The van der Waals surface area contributed by atoms with Gasteiger partial charge in [-0.2, -0.15) is 0 Å². The van der Waals surface area contributed by atoms with E-state index in [0.29, 0.717) is 6.42 Å². The Kier molecular flexibility index (Phi) is 65.9. The molecule has 0 aliphatic heterocycles. The van der Waals surface area contributed by atoms with Gasteiger partial charge in [-0.25, -0.2) is 0 Å². The SMILES string of the molecule is CC/C=C\C/C=C\C/C=C\C/C=C\C/C=C\C/C=C\C/C=C\C/C=C\C/C=C\C/C=C\C/C=C\C/C=C\CCCCCCC(=O)NC(CO)C(O)/C=C/CC/C=C/CC/C=C/CCCCCCCCCCCCCCCCCCCC. The zero-order valence-electron chi connectivity index (χ0n) is 52.5. The summed E-state index contributed by atoms with van der Waals surface area (Å²) in [6.45, 7) is 4.17. The fraction of sp³-hybridized carbons (Fsp3) is 0.597. The van der Waals surface area contributed by atoms with Gasteiger partial charge in [0.15, 0.2) is 0 Å². The lowest BCUT2D eigenvalue weighted by Crippen LogP contribution is -2.45. The highest BCUT2D eigenvalue weighted by atomic mass is 16.3. The van der Waals surface area contributed by atoms with Crippen molar-refractivity contribution in [3.63, 3.8) is 0 Å². The minimum Gasteiger partial charge on any atom is -0.394 e. The number of carbonyl (C=O) groups excluding carboxylic acids is 1. The largest absolute Gasteiger partial charge is 0.394 e. The fourth-order valence-electron chi connectivity index (χ4n) is 9.07. The van der Waals surface area contributed by atoms with Crippen molar-refractivity contribution >= 4 is 5.91 Å². The minimum atomic E-state index is -0.897. The van der Waals surface area contributed by atoms with Gasteiger partial charge in [-0.15, -0.1) is 0 Å². The molecule has 0 saturated heterocycles. The van der Waals surface area contributed by atoms with Crippen LogP contribution >= 0.6 is 0 Å². The Bertz CT molecular complexity index is 1790. The van der Waals surface area contributed by atoms with Crippen LogP contribution in [0.1, 0.15) is 277 Å². The summed E-state index contributed by atoms with van der Waals surface area (Å²) < 4.78 is 0. The number of rotatable bonds is 59. The van der Waals surface area contributed by atoms with E-state index in [4.69, 9.17) is 0 Å². The Morgan fingerprint density at radius 3 is 0.864 bits per heavy atom. The lowest BCUT2D eigenvalue weighted by atomic mass is 10.0. The van der Waals surface area contributed by atoms with E-state index in [-0.39, 0.29) is 12.5 Å². The molecule has 0 saturated carbocycles. The molecule has 0 aliphatic carbocycles. The van der Waals surface area contributed by atoms with Crippen LogP contribution < -0.4 is 5.32 Å². The Morgan fingerprint density at radius 2 is 0.556 bits per heavy atom. The van der Waals surface area contributed by atoms with Crippen LogP contribution in [0.15, 0.2) is 182 Å². The second-order valence-corrected chi connectivity index (χ2v) is 21.8. The van der Waals surface area contributed by atoms with Crippen molar-refractivity contribution < 1.29 is 15.0 Å². The normalized spacial score (nSPS) is 14.0. The third kappa shape index (κ3) is 66.2. The molecule has 2 atom stereocenters. The molecule has 0 radical (unpaired) electrons. The van der Waals surface area contributed by atoms with E-state index in [9.17, 15) is 15.0 Å². The van der Waals surface area contributed by atoms with Gasteiger partial charge in [-0.05, 0) is 135 Å². The van der Waals surface area contributed by atoms with E-state index >= 15 is 0 Å². The van der Waals surface area contributed by atoms with Crippen LogP contribution in [0.25, 0.3) is 0 Å². The predicted molar refractivity (Wildman–Crippen MR) is 363 cm³/mol. The lowest BCUT2D eigenvalue weighted by Gasteiger charge is -2.19. The van der Waals surface area contributed by atoms with Crippen LogP contribution in [-0.2, 0) is 4.79 Å². The molecule has 0 rings (SSSR count).